The summed E-state index contributed by atoms with van der Waals surface area (Å²) in [6, 6.07) is 12.9. The summed E-state index contributed by atoms with van der Waals surface area (Å²) < 4.78 is 13.5. The fourth-order valence-electron chi connectivity index (χ4n) is 1.56. The zero-order chi connectivity index (χ0) is 11.5. The maximum atomic E-state index is 13.5. The minimum Gasteiger partial charge on any atom is -0.206 e. The SMILES string of the molecule is C#Cc1ccc(-c2ccc(C)cc2)cc1F. The van der Waals surface area contributed by atoms with Crippen molar-refractivity contribution in [3.05, 3.63) is 59.4 Å². The molecule has 0 aromatic heterocycles. The van der Waals surface area contributed by atoms with E-state index in [1.165, 1.54) is 11.6 Å². The Labute approximate surface area is 94.7 Å². The van der Waals surface area contributed by atoms with Gasteiger partial charge in [0.15, 0.2) is 0 Å². The summed E-state index contributed by atoms with van der Waals surface area (Å²) in [7, 11) is 0. The van der Waals surface area contributed by atoms with Gasteiger partial charge in [0, 0.05) is 0 Å². The van der Waals surface area contributed by atoms with Gasteiger partial charge in [-0.2, -0.15) is 0 Å². The predicted molar refractivity (Wildman–Crippen MR) is 64.5 cm³/mol. The lowest BCUT2D eigenvalue weighted by molar-refractivity contribution is 0.625. The first-order valence-corrected chi connectivity index (χ1v) is 5.04. The summed E-state index contributed by atoms with van der Waals surface area (Å²) in [5.74, 6) is 1.96. The topological polar surface area (TPSA) is 0 Å². The highest BCUT2D eigenvalue weighted by Crippen LogP contribution is 2.21. The fraction of sp³-hybridized carbons (Fsp3) is 0.0667. The second-order valence-electron chi connectivity index (χ2n) is 3.70. The Morgan fingerprint density at radius 1 is 1.00 bits per heavy atom. The van der Waals surface area contributed by atoms with Crippen LogP contribution in [0, 0.1) is 25.1 Å². The third-order valence-electron chi connectivity index (χ3n) is 2.51. The Morgan fingerprint density at radius 2 is 1.62 bits per heavy atom. The molecule has 0 N–H and O–H groups in total. The lowest BCUT2D eigenvalue weighted by Gasteiger charge is -2.03. The molecule has 0 heterocycles. The number of halogens is 1. The van der Waals surface area contributed by atoms with Crippen LogP contribution < -0.4 is 0 Å². The molecule has 0 amide bonds. The Bertz CT molecular complexity index is 545. The normalized spacial score (nSPS) is 9.81. The summed E-state index contributed by atoms with van der Waals surface area (Å²) in [5.41, 5.74) is 3.32. The monoisotopic (exact) mass is 210 g/mol. The van der Waals surface area contributed by atoms with E-state index in [9.17, 15) is 4.39 Å². The van der Waals surface area contributed by atoms with E-state index in [1.807, 2.05) is 37.3 Å². The molecule has 0 unspecified atom stereocenters. The van der Waals surface area contributed by atoms with Gasteiger partial charge < -0.3 is 0 Å². The average Bonchev–Trinajstić information content (AvgIpc) is 2.30. The Balaban J connectivity index is 2.46. The number of terminal acetylenes is 1. The molecule has 0 fully saturated rings. The number of hydrogen-bond acceptors (Lipinski definition) is 0. The molecule has 0 atom stereocenters. The molecule has 16 heavy (non-hydrogen) atoms. The number of hydrogen-bond donors (Lipinski definition) is 0. The van der Waals surface area contributed by atoms with Crippen LogP contribution in [-0.4, -0.2) is 0 Å². The van der Waals surface area contributed by atoms with Gasteiger partial charge >= 0.3 is 0 Å². The van der Waals surface area contributed by atoms with Crippen molar-refractivity contribution in [3.8, 4) is 23.5 Å². The van der Waals surface area contributed by atoms with Crippen molar-refractivity contribution in [3.63, 3.8) is 0 Å². The van der Waals surface area contributed by atoms with Crippen molar-refractivity contribution in [1.29, 1.82) is 0 Å². The third-order valence-corrected chi connectivity index (χ3v) is 2.51. The summed E-state index contributed by atoms with van der Waals surface area (Å²) in [6.45, 7) is 2.02. The lowest BCUT2D eigenvalue weighted by atomic mass is 10.0. The molecule has 0 aliphatic heterocycles. The Kier molecular flexibility index (Phi) is 2.74. The molecule has 2 aromatic carbocycles. The number of benzene rings is 2. The standard InChI is InChI=1S/C15H11F/c1-3-12-8-9-14(10-15(12)16)13-6-4-11(2)5-7-13/h1,4-10H,2H3. The van der Waals surface area contributed by atoms with Crippen LogP contribution >= 0.6 is 0 Å². The first-order valence-electron chi connectivity index (χ1n) is 5.04. The van der Waals surface area contributed by atoms with E-state index in [2.05, 4.69) is 5.92 Å². The van der Waals surface area contributed by atoms with Gasteiger partial charge in [0.25, 0.3) is 0 Å². The second kappa shape index (κ2) is 4.20. The van der Waals surface area contributed by atoms with E-state index >= 15 is 0 Å². The van der Waals surface area contributed by atoms with E-state index in [4.69, 9.17) is 6.42 Å². The lowest BCUT2D eigenvalue weighted by Crippen LogP contribution is -1.85. The fourth-order valence-corrected chi connectivity index (χ4v) is 1.56. The minimum atomic E-state index is -0.347. The molecule has 2 aromatic rings. The van der Waals surface area contributed by atoms with Crippen molar-refractivity contribution >= 4 is 0 Å². The molecule has 0 nitrogen and oxygen atoms in total. The highest BCUT2D eigenvalue weighted by molar-refractivity contribution is 5.64. The maximum absolute atomic E-state index is 13.5. The van der Waals surface area contributed by atoms with E-state index in [0.717, 1.165) is 11.1 Å². The summed E-state index contributed by atoms with van der Waals surface area (Å²) in [4.78, 5) is 0. The van der Waals surface area contributed by atoms with Crippen LogP contribution in [0.25, 0.3) is 11.1 Å². The largest absolute Gasteiger partial charge is 0.206 e. The van der Waals surface area contributed by atoms with Gasteiger partial charge in [-0.3, -0.25) is 0 Å². The van der Waals surface area contributed by atoms with Crippen molar-refractivity contribution in [2.24, 2.45) is 0 Å². The molecule has 1 heteroatoms. The summed E-state index contributed by atoms with van der Waals surface area (Å²) in [6.07, 6.45) is 5.17. The van der Waals surface area contributed by atoms with Gasteiger partial charge in [-0.15, -0.1) is 6.42 Å². The molecule has 0 saturated carbocycles. The van der Waals surface area contributed by atoms with Crippen molar-refractivity contribution in [2.45, 2.75) is 6.92 Å². The smallest absolute Gasteiger partial charge is 0.139 e. The van der Waals surface area contributed by atoms with Gasteiger partial charge in [-0.1, -0.05) is 41.8 Å². The zero-order valence-corrected chi connectivity index (χ0v) is 9.00. The van der Waals surface area contributed by atoms with Crippen LogP contribution in [0.3, 0.4) is 0 Å². The molecule has 78 valence electrons. The van der Waals surface area contributed by atoms with Crippen LogP contribution in [0.4, 0.5) is 4.39 Å². The molecule has 0 saturated heterocycles. The van der Waals surface area contributed by atoms with E-state index in [0.29, 0.717) is 5.56 Å². The number of rotatable bonds is 1. The summed E-state index contributed by atoms with van der Waals surface area (Å²) in [5, 5.41) is 0. The Hall–Kier alpha value is -2.07. The van der Waals surface area contributed by atoms with Gasteiger partial charge in [-0.25, -0.2) is 4.39 Å². The van der Waals surface area contributed by atoms with E-state index in [-0.39, 0.29) is 5.82 Å². The van der Waals surface area contributed by atoms with Crippen LogP contribution in [0.5, 0.6) is 0 Å². The van der Waals surface area contributed by atoms with E-state index < -0.39 is 0 Å². The minimum absolute atomic E-state index is 0.302. The molecular weight excluding hydrogens is 199 g/mol. The molecule has 0 aliphatic carbocycles. The van der Waals surface area contributed by atoms with Crippen LogP contribution in [-0.2, 0) is 0 Å². The third kappa shape index (κ3) is 1.97. The molecule has 0 aliphatic rings. The molecule has 0 spiro atoms. The first-order chi connectivity index (χ1) is 7.70. The van der Waals surface area contributed by atoms with Crippen molar-refractivity contribution < 1.29 is 4.39 Å². The molecule has 2 rings (SSSR count). The highest BCUT2D eigenvalue weighted by atomic mass is 19.1. The molecule has 0 radical (unpaired) electrons. The first kappa shape index (κ1) is 10.4. The van der Waals surface area contributed by atoms with Crippen LogP contribution in [0.1, 0.15) is 11.1 Å². The predicted octanol–water partition coefficient (Wildman–Crippen LogP) is 3.78. The molecular formula is C15H11F. The van der Waals surface area contributed by atoms with Gasteiger partial charge in [0.05, 0.1) is 5.56 Å². The maximum Gasteiger partial charge on any atom is 0.139 e. The zero-order valence-electron chi connectivity index (χ0n) is 9.00. The van der Waals surface area contributed by atoms with Gasteiger partial charge in [0.1, 0.15) is 5.82 Å². The highest BCUT2D eigenvalue weighted by Gasteiger charge is 2.02. The van der Waals surface area contributed by atoms with Gasteiger partial charge in [0.2, 0.25) is 0 Å². The van der Waals surface area contributed by atoms with Crippen molar-refractivity contribution in [1.82, 2.24) is 0 Å². The van der Waals surface area contributed by atoms with Gasteiger partial charge in [-0.05, 0) is 30.2 Å². The second-order valence-corrected chi connectivity index (χ2v) is 3.70. The average molecular weight is 210 g/mol. The van der Waals surface area contributed by atoms with Crippen molar-refractivity contribution in [2.75, 3.05) is 0 Å². The number of aryl methyl sites for hydroxylation is 1. The quantitative estimate of drug-likeness (QED) is 0.628. The van der Waals surface area contributed by atoms with E-state index in [1.54, 1.807) is 6.07 Å². The van der Waals surface area contributed by atoms with Crippen LogP contribution in [0.15, 0.2) is 42.5 Å². The Morgan fingerprint density at radius 3 is 2.19 bits per heavy atom. The van der Waals surface area contributed by atoms with Crippen LogP contribution in [0.2, 0.25) is 0 Å². The molecule has 0 bridgehead atoms. The summed E-state index contributed by atoms with van der Waals surface area (Å²) >= 11 is 0.